The molecule has 100 valence electrons. The van der Waals surface area contributed by atoms with Crippen LogP contribution in [0, 0.1) is 13.8 Å². The third-order valence-corrected chi connectivity index (χ3v) is 3.61. The molecule has 3 rings (SSSR count). The second-order valence-electron chi connectivity index (χ2n) is 4.97. The van der Waals surface area contributed by atoms with E-state index in [4.69, 9.17) is 0 Å². The van der Waals surface area contributed by atoms with Gasteiger partial charge < -0.3 is 0 Å². The number of fused-ring (bicyclic) bond motifs is 1. The van der Waals surface area contributed by atoms with Crippen LogP contribution in [0.3, 0.4) is 0 Å². The highest BCUT2D eigenvalue weighted by Gasteiger charge is 2.05. The minimum Gasteiger partial charge on any atom is -0.272 e. The van der Waals surface area contributed by atoms with Gasteiger partial charge in [-0.25, -0.2) is 4.98 Å². The lowest BCUT2D eigenvalue weighted by Gasteiger charge is -1.99. The molecule has 3 nitrogen and oxygen atoms in total. The highest BCUT2D eigenvalue weighted by molar-refractivity contribution is 5.81. The number of benzene rings is 1. The van der Waals surface area contributed by atoms with E-state index in [2.05, 4.69) is 35.2 Å². The molecule has 0 atom stereocenters. The summed E-state index contributed by atoms with van der Waals surface area (Å²) in [7, 11) is 1.97. The highest BCUT2D eigenvalue weighted by atomic mass is 15.3. The number of hydrogen-bond donors (Lipinski definition) is 0. The average molecular weight is 263 g/mol. The van der Waals surface area contributed by atoms with Crippen LogP contribution in [0.1, 0.15) is 22.6 Å². The quantitative estimate of drug-likeness (QED) is 0.705. The fourth-order valence-electron chi connectivity index (χ4n) is 2.37. The lowest BCUT2D eigenvalue weighted by Crippen LogP contribution is -1.92. The molecule has 0 saturated carbocycles. The van der Waals surface area contributed by atoms with Crippen LogP contribution in [0.5, 0.6) is 0 Å². The van der Waals surface area contributed by atoms with Gasteiger partial charge in [-0.3, -0.25) is 4.68 Å². The molecule has 3 aromatic rings. The van der Waals surface area contributed by atoms with Gasteiger partial charge in [-0.15, -0.1) is 0 Å². The van der Waals surface area contributed by atoms with Crippen molar-refractivity contribution in [3.63, 3.8) is 0 Å². The smallest absolute Gasteiger partial charge is 0.0709 e. The number of para-hydroxylation sites is 1. The van der Waals surface area contributed by atoms with Gasteiger partial charge in [0.1, 0.15) is 0 Å². The third-order valence-electron chi connectivity index (χ3n) is 3.61. The van der Waals surface area contributed by atoms with E-state index >= 15 is 0 Å². The summed E-state index contributed by atoms with van der Waals surface area (Å²) in [6.07, 6.45) is 4.14. The first kappa shape index (κ1) is 12.6. The van der Waals surface area contributed by atoms with Crippen molar-refractivity contribution in [2.24, 2.45) is 7.05 Å². The Kier molecular flexibility index (Phi) is 3.11. The van der Waals surface area contributed by atoms with E-state index in [0.29, 0.717) is 0 Å². The molecule has 0 amide bonds. The van der Waals surface area contributed by atoms with Crippen molar-refractivity contribution in [1.82, 2.24) is 14.8 Å². The number of rotatable bonds is 2. The Labute approximate surface area is 118 Å². The Morgan fingerprint density at radius 2 is 1.80 bits per heavy atom. The van der Waals surface area contributed by atoms with Gasteiger partial charge in [0.25, 0.3) is 0 Å². The highest BCUT2D eigenvalue weighted by Crippen LogP contribution is 2.17. The number of pyridine rings is 1. The van der Waals surface area contributed by atoms with E-state index in [1.54, 1.807) is 0 Å². The van der Waals surface area contributed by atoms with Crippen LogP contribution in [0.2, 0.25) is 0 Å². The van der Waals surface area contributed by atoms with Gasteiger partial charge in [0.05, 0.1) is 16.9 Å². The molecule has 0 spiro atoms. The lowest BCUT2D eigenvalue weighted by molar-refractivity contribution is 0.731. The molecular formula is C17H17N3. The Morgan fingerprint density at radius 3 is 2.55 bits per heavy atom. The van der Waals surface area contributed by atoms with Crippen molar-refractivity contribution < 1.29 is 0 Å². The maximum Gasteiger partial charge on any atom is 0.0709 e. The predicted molar refractivity (Wildman–Crippen MR) is 83.4 cm³/mol. The summed E-state index contributed by atoms with van der Waals surface area (Å²) in [6, 6.07) is 12.3. The average Bonchev–Trinajstić information content (AvgIpc) is 2.70. The van der Waals surface area contributed by atoms with Gasteiger partial charge in [-0.1, -0.05) is 24.3 Å². The molecule has 20 heavy (non-hydrogen) atoms. The van der Waals surface area contributed by atoms with Crippen molar-refractivity contribution in [3.05, 3.63) is 59.0 Å². The van der Waals surface area contributed by atoms with Gasteiger partial charge in [0, 0.05) is 23.7 Å². The Balaban J connectivity index is 1.98. The Morgan fingerprint density at radius 1 is 1.00 bits per heavy atom. The van der Waals surface area contributed by atoms with Crippen LogP contribution < -0.4 is 0 Å². The summed E-state index contributed by atoms with van der Waals surface area (Å²) in [5, 5.41) is 5.58. The van der Waals surface area contributed by atoms with Gasteiger partial charge in [-0.05, 0) is 38.1 Å². The summed E-state index contributed by atoms with van der Waals surface area (Å²) >= 11 is 0. The van der Waals surface area contributed by atoms with E-state index in [9.17, 15) is 0 Å². The molecule has 3 heteroatoms. The molecule has 0 aliphatic carbocycles. The maximum absolute atomic E-state index is 4.64. The minimum atomic E-state index is 0.964. The molecular weight excluding hydrogens is 246 g/mol. The normalized spacial score (nSPS) is 11.6. The van der Waals surface area contributed by atoms with E-state index in [0.717, 1.165) is 16.9 Å². The molecule has 0 fully saturated rings. The van der Waals surface area contributed by atoms with Crippen LogP contribution in [-0.4, -0.2) is 14.8 Å². The Bertz CT molecular complexity index is 797. The van der Waals surface area contributed by atoms with Gasteiger partial charge in [0.15, 0.2) is 0 Å². The van der Waals surface area contributed by atoms with E-state index in [-0.39, 0.29) is 0 Å². The summed E-state index contributed by atoms with van der Waals surface area (Å²) in [6.45, 7) is 4.11. The van der Waals surface area contributed by atoms with Crippen LogP contribution >= 0.6 is 0 Å². The summed E-state index contributed by atoms with van der Waals surface area (Å²) < 4.78 is 1.91. The zero-order chi connectivity index (χ0) is 14.1. The van der Waals surface area contributed by atoms with Gasteiger partial charge in [0.2, 0.25) is 0 Å². The van der Waals surface area contributed by atoms with E-state index in [1.807, 2.05) is 49.0 Å². The predicted octanol–water partition coefficient (Wildman–Crippen LogP) is 3.76. The van der Waals surface area contributed by atoms with E-state index < -0.39 is 0 Å². The van der Waals surface area contributed by atoms with Crippen LogP contribution in [0.25, 0.3) is 23.1 Å². The van der Waals surface area contributed by atoms with E-state index in [1.165, 1.54) is 16.6 Å². The largest absolute Gasteiger partial charge is 0.272 e. The number of hydrogen-bond acceptors (Lipinski definition) is 2. The molecule has 0 N–H and O–H groups in total. The SMILES string of the molecule is Cc1nn(C)c(C)c1/C=C/c1ccc2ccccc2n1. The number of nitrogens with zero attached hydrogens (tertiary/aromatic N) is 3. The summed E-state index contributed by atoms with van der Waals surface area (Å²) in [5.41, 5.74) is 5.37. The van der Waals surface area contributed by atoms with Crippen molar-refractivity contribution in [2.75, 3.05) is 0 Å². The van der Waals surface area contributed by atoms with Crippen molar-refractivity contribution in [3.8, 4) is 0 Å². The monoisotopic (exact) mass is 263 g/mol. The van der Waals surface area contributed by atoms with Crippen LogP contribution in [0.4, 0.5) is 0 Å². The maximum atomic E-state index is 4.64. The van der Waals surface area contributed by atoms with Crippen molar-refractivity contribution in [1.29, 1.82) is 0 Å². The van der Waals surface area contributed by atoms with Gasteiger partial charge in [-0.2, -0.15) is 5.10 Å². The molecule has 1 aromatic carbocycles. The van der Waals surface area contributed by atoms with Crippen molar-refractivity contribution in [2.45, 2.75) is 13.8 Å². The first-order chi connectivity index (χ1) is 9.65. The van der Waals surface area contributed by atoms with Crippen molar-refractivity contribution >= 4 is 23.1 Å². The molecule has 0 aliphatic rings. The second kappa shape index (κ2) is 4.93. The standard InChI is InChI=1S/C17H17N3/c1-12-16(13(2)20(3)19-12)11-10-15-9-8-14-6-4-5-7-17(14)18-15/h4-11H,1-3H3/b11-10+. The van der Waals surface area contributed by atoms with Crippen LogP contribution in [-0.2, 0) is 7.05 Å². The van der Waals surface area contributed by atoms with Gasteiger partial charge >= 0.3 is 0 Å². The third kappa shape index (κ3) is 2.23. The Hall–Kier alpha value is -2.42. The first-order valence-corrected chi connectivity index (χ1v) is 6.69. The second-order valence-corrected chi connectivity index (χ2v) is 4.97. The molecule has 2 heterocycles. The van der Waals surface area contributed by atoms with Crippen LogP contribution in [0.15, 0.2) is 36.4 Å². The first-order valence-electron chi connectivity index (χ1n) is 6.69. The molecule has 2 aromatic heterocycles. The zero-order valence-corrected chi connectivity index (χ0v) is 12.0. The molecule has 0 aliphatic heterocycles. The summed E-state index contributed by atoms with van der Waals surface area (Å²) in [5.74, 6) is 0. The number of aryl methyl sites for hydroxylation is 2. The fourth-order valence-corrected chi connectivity index (χ4v) is 2.37. The number of aromatic nitrogens is 3. The lowest BCUT2D eigenvalue weighted by atomic mass is 10.1. The molecule has 0 bridgehead atoms. The molecule has 0 unspecified atom stereocenters. The minimum absolute atomic E-state index is 0.964. The topological polar surface area (TPSA) is 30.7 Å². The fraction of sp³-hybridized carbons (Fsp3) is 0.176. The molecule has 0 radical (unpaired) electrons. The summed E-state index contributed by atoms with van der Waals surface area (Å²) in [4.78, 5) is 4.64. The zero-order valence-electron chi connectivity index (χ0n) is 12.0. The molecule has 0 saturated heterocycles.